The van der Waals surface area contributed by atoms with Gasteiger partial charge in [0.1, 0.15) is 0 Å². The zero-order valence-corrected chi connectivity index (χ0v) is 12.9. The lowest BCUT2D eigenvalue weighted by Crippen LogP contribution is -2.31. The van der Waals surface area contributed by atoms with Crippen LogP contribution in [-0.2, 0) is 6.18 Å². The molecule has 6 nitrogen and oxygen atoms in total. The van der Waals surface area contributed by atoms with Gasteiger partial charge in [0.25, 0.3) is 0 Å². The zero-order chi connectivity index (χ0) is 19.1. The van der Waals surface area contributed by atoms with Crippen LogP contribution in [0.25, 0.3) is 16.9 Å². The fourth-order valence-corrected chi connectivity index (χ4v) is 1.99. The summed E-state index contributed by atoms with van der Waals surface area (Å²) in [6.07, 6.45) is -8.01. The van der Waals surface area contributed by atoms with E-state index in [1.165, 1.54) is 12.1 Å². The number of pyridine rings is 1. The van der Waals surface area contributed by atoms with Crippen molar-refractivity contribution >= 4 is 5.65 Å². The van der Waals surface area contributed by atoms with E-state index in [-0.39, 0.29) is 22.8 Å². The van der Waals surface area contributed by atoms with E-state index in [4.69, 9.17) is 0 Å². The van der Waals surface area contributed by atoms with Crippen LogP contribution in [0.2, 0.25) is 0 Å². The molecule has 0 aliphatic rings. The van der Waals surface area contributed by atoms with Gasteiger partial charge in [-0.25, -0.2) is 4.98 Å². The van der Waals surface area contributed by atoms with Crippen molar-refractivity contribution in [2.45, 2.75) is 25.4 Å². The van der Waals surface area contributed by atoms with Crippen LogP contribution < -0.4 is 4.74 Å². The van der Waals surface area contributed by atoms with Gasteiger partial charge in [-0.2, -0.15) is 26.3 Å². The normalized spacial score (nSPS) is 13.8. The van der Waals surface area contributed by atoms with Crippen molar-refractivity contribution in [1.29, 1.82) is 0 Å². The van der Waals surface area contributed by atoms with Crippen molar-refractivity contribution in [3.63, 3.8) is 0 Å². The van der Waals surface area contributed by atoms with Crippen LogP contribution in [0, 0.1) is 0 Å². The van der Waals surface area contributed by atoms with Crippen LogP contribution >= 0.6 is 0 Å². The molecule has 1 atom stereocenters. The van der Waals surface area contributed by atoms with Crippen LogP contribution in [0.5, 0.6) is 5.88 Å². The number of rotatable bonds is 3. The van der Waals surface area contributed by atoms with Crippen molar-refractivity contribution in [3.8, 4) is 17.1 Å². The average molecular weight is 377 g/mol. The largest absolute Gasteiger partial charge is 0.465 e. The number of fused-ring (bicyclic) bond motifs is 1. The number of ether oxygens (including phenoxy) is 1. The van der Waals surface area contributed by atoms with Gasteiger partial charge in [0, 0.05) is 24.0 Å². The first-order valence-corrected chi connectivity index (χ1v) is 7.03. The highest BCUT2D eigenvalue weighted by atomic mass is 19.4. The highest BCUT2D eigenvalue weighted by molar-refractivity contribution is 5.59. The molecular formula is C14H9F6N5O. The third-order valence-corrected chi connectivity index (χ3v) is 3.34. The first kappa shape index (κ1) is 17.9. The third-order valence-electron chi connectivity index (χ3n) is 3.34. The van der Waals surface area contributed by atoms with Gasteiger partial charge in [0.15, 0.2) is 11.8 Å². The Morgan fingerprint density at radius 1 is 1.00 bits per heavy atom. The highest BCUT2D eigenvalue weighted by Crippen LogP contribution is 2.29. The molecule has 0 bridgehead atoms. The summed E-state index contributed by atoms with van der Waals surface area (Å²) < 4.78 is 81.4. The van der Waals surface area contributed by atoms with Gasteiger partial charge < -0.3 is 4.74 Å². The molecule has 0 aromatic carbocycles. The molecule has 0 amide bonds. The molecule has 0 radical (unpaired) electrons. The lowest BCUT2D eigenvalue weighted by Gasteiger charge is -2.16. The fraction of sp³-hybridized carbons (Fsp3) is 0.286. The van der Waals surface area contributed by atoms with E-state index in [9.17, 15) is 26.3 Å². The zero-order valence-electron chi connectivity index (χ0n) is 12.9. The third kappa shape index (κ3) is 3.53. The maximum absolute atomic E-state index is 12.9. The smallest absolute Gasteiger partial charge is 0.452 e. The van der Waals surface area contributed by atoms with Crippen LogP contribution in [0.1, 0.15) is 12.7 Å². The molecule has 0 N–H and O–H groups in total. The summed E-state index contributed by atoms with van der Waals surface area (Å²) in [5.41, 5.74) is 0.277. The molecule has 0 saturated carbocycles. The second-order valence-corrected chi connectivity index (χ2v) is 5.21. The molecule has 138 valence electrons. The molecule has 12 heteroatoms. The quantitative estimate of drug-likeness (QED) is 0.654. The maximum atomic E-state index is 12.9. The van der Waals surface area contributed by atoms with Crippen molar-refractivity contribution < 1.29 is 31.1 Å². The Morgan fingerprint density at radius 3 is 2.31 bits per heavy atom. The molecule has 1 unspecified atom stereocenters. The number of hydrogen-bond donors (Lipinski definition) is 0. The molecule has 3 rings (SSSR count). The molecule has 0 spiro atoms. The summed E-state index contributed by atoms with van der Waals surface area (Å²) in [7, 11) is 0. The van der Waals surface area contributed by atoms with Gasteiger partial charge in [-0.05, 0) is 13.0 Å². The summed E-state index contributed by atoms with van der Waals surface area (Å²) in [6.45, 7) is 0.829. The molecular weight excluding hydrogens is 368 g/mol. The van der Waals surface area contributed by atoms with E-state index in [1.54, 1.807) is 0 Å². The molecule has 0 aliphatic carbocycles. The second kappa shape index (κ2) is 6.11. The summed E-state index contributed by atoms with van der Waals surface area (Å²) in [6, 6.07) is 2.50. The van der Waals surface area contributed by atoms with E-state index in [0.717, 1.165) is 29.9 Å². The van der Waals surface area contributed by atoms with Gasteiger partial charge in [0.2, 0.25) is 11.7 Å². The van der Waals surface area contributed by atoms with Crippen LogP contribution in [0.4, 0.5) is 26.3 Å². The number of alkyl halides is 6. The predicted octanol–water partition coefficient (Wildman–Crippen LogP) is 3.53. The molecule has 3 heterocycles. The lowest BCUT2D eigenvalue weighted by molar-refractivity contribution is -0.189. The lowest BCUT2D eigenvalue weighted by atomic mass is 10.2. The van der Waals surface area contributed by atoms with Crippen molar-refractivity contribution in [1.82, 2.24) is 24.6 Å². The second-order valence-electron chi connectivity index (χ2n) is 5.21. The van der Waals surface area contributed by atoms with Crippen LogP contribution in [0.3, 0.4) is 0 Å². The van der Waals surface area contributed by atoms with Gasteiger partial charge >= 0.3 is 12.4 Å². The molecule has 0 aliphatic heterocycles. The summed E-state index contributed by atoms with van der Waals surface area (Å²) in [5, 5.41) is 6.45. The monoisotopic (exact) mass is 377 g/mol. The minimum atomic E-state index is -4.71. The molecule has 0 fully saturated rings. The Balaban J connectivity index is 1.90. The first-order valence-electron chi connectivity index (χ1n) is 7.03. The van der Waals surface area contributed by atoms with Crippen molar-refractivity contribution in [2.24, 2.45) is 0 Å². The summed E-state index contributed by atoms with van der Waals surface area (Å²) >= 11 is 0. The van der Waals surface area contributed by atoms with E-state index in [0.29, 0.717) is 0 Å². The van der Waals surface area contributed by atoms with E-state index in [2.05, 4.69) is 24.9 Å². The maximum Gasteiger partial charge on any atom is 0.452 e. The topological polar surface area (TPSA) is 65.2 Å². The van der Waals surface area contributed by atoms with Gasteiger partial charge in [-0.15, -0.1) is 10.2 Å². The molecule has 3 aromatic heterocycles. The van der Waals surface area contributed by atoms with E-state index in [1.807, 2.05) is 0 Å². The van der Waals surface area contributed by atoms with E-state index >= 15 is 0 Å². The molecule has 3 aromatic rings. The van der Waals surface area contributed by atoms with Crippen molar-refractivity contribution in [2.75, 3.05) is 0 Å². The number of halogens is 6. The Kier molecular flexibility index (Phi) is 4.20. The van der Waals surface area contributed by atoms with Gasteiger partial charge in [-0.3, -0.25) is 9.38 Å². The fourth-order valence-electron chi connectivity index (χ4n) is 1.99. The summed E-state index contributed by atoms with van der Waals surface area (Å²) in [4.78, 5) is 7.67. The standard InChI is InChI=1S/C14H9F6N5O/c1-7(13(15,16)17)26-11-3-2-8(4-22-11)9-6-25-10(5-21-9)23-24-12(25)14(18,19)20/h2-7H,1H3. The highest BCUT2D eigenvalue weighted by Gasteiger charge is 2.38. The van der Waals surface area contributed by atoms with Gasteiger partial charge in [-0.1, -0.05) is 0 Å². The summed E-state index contributed by atoms with van der Waals surface area (Å²) in [5.74, 6) is -1.50. The Hall–Kier alpha value is -2.92. The first-order chi connectivity index (χ1) is 12.1. The predicted molar refractivity (Wildman–Crippen MR) is 75.2 cm³/mol. The molecule has 26 heavy (non-hydrogen) atoms. The Labute approximate surface area is 141 Å². The SMILES string of the molecule is CC(Oc1ccc(-c2cn3c(C(F)(F)F)nnc3cn2)cn1)C(F)(F)F. The molecule has 0 saturated heterocycles. The average Bonchev–Trinajstić information content (AvgIpc) is 2.98. The number of nitrogens with zero attached hydrogens (tertiary/aromatic N) is 5. The van der Waals surface area contributed by atoms with Crippen molar-refractivity contribution in [3.05, 3.63) is 36.5 Å². The van der Waals surface area contributed by atoms with Crippen LogP contribution in [-0.4, -0.2) is 36.8 Å². The van der Waals surface area contributed by atoms with Crippen LogP contribution in [0.15, 0.2) is 30.7 Å². The Bertz CT molecular complexity index is 918. The number of aromatic nitrogens is 5. The van der Waals surface area contributed by atoms with E-state index < -0.39 is 24.3 Å². The minimum Gasteiger partial charge on any atom is -0.465 e. The Morgan fingerprint density at radius 2 is 1.73 bits per heavy atom. The minimum absolute atomic E-state index is 0.103. The van der Waals surface area contributed by atoms with Gasteiger partial charge in [0.05, 0.1) is 11.9 Å². The number of hydrogen-bond acceptors (Lipinski definition) is 5.